The maximum atomic E-state index is 9.24. The monoisotopic (exact) mass is 264 g/mol. The number of aryl methyl sites for hydroxylation is 1. The molecule has 2 rings (SSSR count). The summed E-state index contributed by atoms with van der Waals surface area (Å²) in [5.41, 5.74) is 1.27. The average Bonchev–Trinajstić information content (AvgIpc) is 2.83. The van der Waals surface area contributed by atoms with Gasteiger partial charge in [0.1, 0.15) is 4.75 Å². The zero-order valence-corrected chi connectivity index (χ0v) is 11.9. The molecule has 0 unspecified atom stereocenters. The van der Waals surface area contributed by atoms with Gasteiger partial charge in [0, 0.05) is 45.0 Å². The van der Waals surface area contributed by atoms with E-state index in [1.54, 1.807) is 11.8 Å². The molecule has 18 heavy (non-hydrogen) atoms. The van der Waals surface area contributed by atoms with Crippen molar-refractivity contribution in [3.63, 3.8) is 0 Å². The lowest BCUT2D eigenvalue weighted by Crippen LogP contribution is -2.42. The van der Waals surface area contributed by atoms with Gasteiger partial charge in [-0.25, -0.2) is 0 Å². The second-order valence-corrected chi connectivity index (χ2v) is 6.04. The lowest BCUT2D eigenvalue weighted by Gasteiger charge is -2.36. The van der Waals surface area contributed by atoms with Crippen LogP contribution in [-0.4, -0.2) is 45.3 Å². The molecule has 5 heteroatoms. The standard InChI is InChI=1S/C13H20N4S/c1-16-12(3-7-15-16)4-8-17-9-5-13(11-14,18-2)6-10-17/h3,7H,4-6,8-10H2,1-2H3. The van der Waals surface area contributed by atoms with Crippen molar-refractivity contribution in [3.05, 3.63) is 18.0 Å². The largest absolute Gasteiger partial charge is 0.303 e. The van der Waals surface area contributed by atoms with Gasteiger partial charge >= 0.3 is 0 Å². The Labute approximate surface area is 113 Å². The van der Waals surface area contributed by atoms with Crippen LogP contribution in [0.5, 0.6) is 0 Å². The fraction of sp³-hybridized carbons (Fsp3) is 0.692. The predicted octanol–water partition coefficient (Wildman–Crippen LogP) is 1.68. The van der Waals surface area contributed by atoms with Crippen LogP contribution < -0.4 is 0 Å². The lowest BCUT2D eigenvalue weighted by atomic mass is 9.97. The molecule has 1 aliphatic heterocycles. The van der Waals surface area contributed by atoms with E-state index in [0.717, 1.165) is 38.9 Å². The first kappa shape index (κ1) is 13.4. The van der Waals surface area contributed by atoms with Gasteiger partial charge in [-0.05, 0) is 25.2 Å². The quantitative estimate of drug-likeness (QED) is 0.830. The second-order valence-electron chi connectivity index (χ2n) is 4.85. The van der Waals surface area contributed by atoms with Gasteiger partial charge in [0.05, 0.1) is 6.07 Å². The van der Waals surface area contributed by atoms with Crippen molar-refractivity contribution in [1.82, 2.24) is 14.7 Å². The Hall–Kier alpha value is -0.990. The molecule has 1 saturated heterocycles. The van der Waals surface area contributed by atoms with Crippen LogP contribution >= 0.6 is 11.8 Å². The lowest BCUT2D eigenvalue weighted by molar-refractivity contribution is 0.218. The molecule has 0 N–H and O–H groups in total. The number of aromatic nitrogens is 2. The van der Waals surface area contributed by atoms with Crippen LogP contribution in [0.3, 0.4) is 0 Å². The van der Waals surface area contributed by atoms with Gasteiger partial charge in [-0.15, -0.1) is 11.8 Å². The van der Waals surface area contributed by atoms with Crippen LogP contribution in [-0.2, 0) is 13.5 Å². The summed E-state index contributed by atoms with van der Waals surface area (Å²) in [6.45, 7) is 3.13. The fourth-order valence-electron chi connectivity index (χ4n) is 2.42. The second kappa shape index (κ2) is 5.77. The summed E-state index contributed by atoms with van der Waals surface area (Å²) in [7, 11) is 1.99. The molecular weight excluding hydrogens is 244 g/mol. The van der Waals surface area contributed by atoms with Gasteiger partial charge in [-0.3, -0.25) is 4.68 Å². The van der Waals surface area contributed by atoms with E-state index < -0.39 is 0 Å². The normalized spacial score (nSPS) is 19.6. The maximum absolute atomic E-state index is 9.24. The molecule has 0 bridgehead atoms. The number of hydrogen-bond acceptors (Lipinski definition) is 4. The molecule has 1 aromatic rings. The molecule has 0 atom stereocenters. The van der Waals surface area contributed by atoms with E-state index in [-0.39, 0.29) is 4.75 Å². The van der Waals surface area contributed by atoms with Gasteiger partial charge in [-0.1, -0.05) is 0 Å². The van der Waals surface area contributed by atoms with Crippen LogP contribution in [0.4, 0.5) is 0 Å². The molecule has 1 aliphatic rings. The molecule has 0 aliphatic carbocycles. The third-order valence-electron chi connectivity index (χ3n) is 3.86. The summed E-state index contributed by atoms with van der Waals surface area (Å²) in [5, 5.41) is 13.4. The van der Waals surface area contributed by atoms with E-state index in [1.807, 2.05) is 17.9 Å². The molecule has 2 heterocycles. The summed E-state index contributed by atoms with van der Waals surface area (Å²) in [4.78, 5) is 2.46. The highest BCUT2D eigenvalue weighted by Crippen LogP contribution is 2.33. The fourth-order valence-corrected chi connectivity index (χ4v) is 3.10. The van der Waals surface area contributed by atoms with E-state index in [9.17, 15) is 5.26 Å². The third kappa shape index (κ3) is 2.88. The number of rotatable bonds is 4. The molecule has 0 amide bonds. The maximum Gasteiger partial charge on any atom is 0.104 e. The number of piperidine rings is 1. The summed E-state index contributed by atoms with van der Waals surface area (Å²) >= 11 is 1.71. The molecule has 98 valence electrons. The smallest absolute Gasteiger partial charge is 0.104 e. The molecule has 0 spiro atoms. The Morgan fingerprint density at radius 2 is 2.22 bits per heavy atom. The topological polar surface area (TPSA) is 44.9 Å². The first-order valence-corrected chi connectivity index (χ1v) is 7.57. The van der Waals surface area contributed by atoms with Crippen LogP contribution in [0, 0.1) is 11.3 Å². The van der Waals surface area contributed by atoms with E-state index >= 15 is 0 Å². The van der Waals surface area contributed by atoms with Crippen LogP contribution in [0.1, 0.15) is 18.5 Å². The van der Waals surface area contributed by atoms with E-state index in [4.69, 9.17) is 0 Å². The number of likely N-dealkylation sites (tertiary alicyclic amines) is 1. The van der Waals surface area contributed by atoms with Gasteiger partial charge in [0.15, 0.2) is 0 Å². The Balaban J connectivity index is 1.81. The number of nitriles is 1. The van der Waals surface area contributed by atoms with Crippen LogP contribution in [0.15, 0.2) is 12.3 Å². The minimum absolute atomic E-state index is 0.136. The summed E-state index contributed by atoms with van der Waals surface area (Å²) in [6, 6.07) is 4.56. The van der Waals surface area contributed by atoms with Crippen molar-refractivity contribution >= 4 is 11.8 Å². The van der Waals surface area contributed by atoms with Crippen molar-refractivity contribution in [3.8, 4) is 6.07 Å². The summed E-state index contributed by atoms with van der Waals surface area (Å²) in [5.74, 6) is 0. The zero-order chi connectivity index (χ0) is 13.0. The Morgan fingerprint density at radius 1 is 1.50 bits per heavy atom. The molecule has 0 radical (unpaired) electrons. The molecule has 1 aromatic heterocycles. The van der Waals surface area contributed by atoms with Gasteiger partial charge in [0.25, 0.3) is 0 Å². The third-order valence-corrected chi connectivity index (χ3v) is 5.15. The summed E-state index contributed by atoms with van der Waals surface area (Å²) in [6.07, 6.45) is 6.90. The highest BCUT2D eigenvalue weighted by Gasteiger charge is 2.33. The number of hydrogen-bond donors (Lipinski definition) is 0. The number of nitrogens with zero attached hydrogens (tertiary/aromatic N) is 4. The first-order chi connectivity index (χ1) is 8.69. The highest BCUT2D eigenvalue weighted by atomic mass is 32.2. The van der Waals surface area contributed by atoms with Crippen molar-refractivity contribution in [2.75, 3.05) is 25.9 Å². The van der Waals surface area contributed by atoms with E-state index in [0.29, 0.717) is 0 Å². The Kier molecular flexibility index (Phi) is 4.31. The average molecular weight is 264 g/mol. The van der Waals surface area contributed by atoms with Crippen molar-refractivity contribution in [1.29, 1.82) is 5.26 Å². The Morgan fingerprint density at radius 3 is 2.72 bits per heavy atom. The molecule has 0 aromatic carbocycles. The van der Waals surface area contributed by atoms with Gasteiger partial charge in [0.2, 0.25) is 0 Å². The number of thioether (sulfide) groups is 1. The minimum atomic E-state index is -0.136. The van der Waals surface area contributed by atoms with Gasteiger partial charge in [-0.2, -0.15) is 10.4 Å². The summed E-state index contributed by atoms with van der Waals surface area (Å²) < 4.78 is 1.80. The van der Waals surface area contributed by atoms with Crippen LogP contribution in [0.2, 0.25) is 0 Å². The predicted molar refractivity (Wildman–Crippen MR) is 74.4 cm³/mol. The SMILES string of the molecule is CSC1(C#N)CCN(CCc2ccnn2C)CC1. The first-order valence-electron chi connectivity index (χ1n) is 6.35. The van der Waals surface area contributed by atoms with Crippen molar-refractivity contribution in [2.45, 2.75) is 24.0 Å². The van der Waals surface area contributed by atoms with Crippen LogP contribution in [0.25, 0.3) is 0 Å². The van der Waals surface area contributed by atoms with Crippen molar-refractivity contribution in [2.24, 2.45) is 7.05 Å². The van der Waals surface area contributed by atoms with Crippen molar-refractivity contribution < 1.29 is 0 Å². The molecular formula is C13H20N4S. The zero-order valence-electron chi connectivity index (χ0n) is 11.1. The van der Waals surface area contributed by atoms with Gasteiger partial charge < -0.3 is 4.90 Å². The Bertz CT molecular complexity index is 426. The van der Waals surface area contributed by atoms with E-state index in [2.05, 4.69) is 28.4 Å². The molecule has 0 saturated carbocycles. The molecule has 1 fully saturated rings. The molecule has 4 nitrogen and oxygen atoms in total. The minimum Gasteiger partial charge on any atom is -0.303 e. The highest BCUT2D eigenvalue weighted by molar-refractivity contribution is 8.00. The van der Waals surface area contributed by atoms with E-state index in [1.165, 1.54) is 5.69 Å².